The Morgan fingerprint density at radius 1 is 1.09 bits per heavy atom. The van der Waals surface area contributed by atoms with E-state index in [2.05, 4.69) is 32.1 Å². The van der Waals surface area contributed by atoms with E-state index in [1.165, 1.54) is 4.88 Å². The minimum atomic E-state index is 0.706. The molecule has 0 bridgehead atoms. The maximum Gasteiger partial charge on any atom is 0.209 e. The molecule has 0 aliphatic carbocycles. The summed E-state index contributed by atoms with van der Waals surface area (Å²) in [6.45, 7) is 7.27. The normalized spacial score (nSPS) is 17.8. The standard InChI is InChI=1S/C23H25N7O2S/c31-15-29-6-4-28(5-7-29)14-16-12-20-21(33-16)23(30-8-10-32-11-9-30)26-22(25-20)17-2-1-3-19-18(17)13-24-27-19/h1-3,12-13,15H,4-11,14H2,(H,24,27). The Hall–Kier alpha value is -3.08. The molecule has 0 saturated carbocycles. The molecule has 170 valence electrons. The molecule has 0 spiro atoms. The van der Waals surface area contributed by atoms with Gasteiger partial charge in [-0.2, -0.15) is 5.10 Å². The second-order valence-electron chi connectivity index (χ2n) is 8.45. The lowest BCUT2D eigenvalue weighted by Gasteiger charge is -2.32. The number of H-pyrrole nitrogens is 1. The summed E-state index contributed by atoms with van der Waals surface area (Å²) in [6.07, 6.45) is 2.79. The summed E-state index contributed by atoms with van der Waals surface area (Å²) in [6, 6.07) is 8.29. The molecule has 1 aromatic carbocycles. The molecule has 0 unspecified atom stereocenters. The number of nitrogens with one attached hydrogen (secondary N) is 1. The van der Waals surface area contributed by atoms with Crippen LogP contribution < -0.4 is 4.90 Å². The van der Waals surface area contributed by atoms with Crippen LogP contribution in [0.4, 0.5) is 5.82 Å². The third-order valence-corrected chi connectivity index (χ3v) is 7.48. The van der Waals surface area contributed by atoms with Crippen molar-refractivity contribution in [1.82, 2.24) is 30.0 Å². The Labute approximate surface area is 195 Å². The monoisotopic (exact) mass is 463 g/mol. The van der Waals surface area contributed by atoms with Crippen molar-refractivity contribution in [2.45, 2.75) is 6.54 Å². The second-order valence-corrected chi connectivity index (χ2v) is 9.59. The van der Waals surface area contributed by atoms with Gasteiger partial charge in [0.2, 0.25) is 6.41 Å². The van der Waals surface area contributed by atoms with Crippen LogP contribution in [0.3, 0.4) is 0 Å². The van der Waals surface area contributed by atoms with Gasteiger partial charge in [-0.15, -0.1) is 11.3 Å². The number of fused-ring (bicyclic) bond motifs is 2. The van der Waals surface area contributed by atoms with Gasteiger partial charge in [-0.3, -0.25) is 14.8 Å². The van der Waals surface area contributed by atoms with Gasteiger partial charge in [-0.1, -0.05) is 12.1 Å². The highest BCUT2D eigenvalue weighted by molar-refractivity contribution is 7.19. The van der Waals surface area contributed by atoms with Crippen LogP contribution in [0.25, 0.3) is 32.5 Å². The van der Waals surface area contributed by atoms with Crippen LogP contribution in [0.1, 0.15) is 4.88 Å². The van der Waals surface area contributed by atoms with E-state index >= 15 is 0 Å². The number of anilines is 1. The summed E-state index contributed by atoms with van der Waals surface area (Å²) in [4.78, 5) is 28.9. The number of thiophene rings is 1. The molecule has 4 aromatic rings. The molecule has 10 heteroatoms. The van der Waals surface area contributed by atoms with E-state index in [-0.39, 0.29) is 0 Å². The zero-order valence-electron chi connectivity index (χ0n) is 18.2. The molecule has 1 N–H and O–H groups in total. The predicted octanol–water partition coefficient (Wildman–Crippen LogP) is 2.35. The second kappa shape index (κ2) is 8.69. The predicted molar refractivity (Wildman–Crippen MR) is 128 cm³/mol. The van der Waals surface area contributed by atoms with Crippen molar-refractivity contribution >= 4 is 44.7 Å². The first-order chi connectivity index (χ1) is 16.3. The van der Waals surface area contributed by atoms with Crippen molar-refractivity contribution in [2.75, 3.05) is 57.4 Å². The molecule has 2 aliphatic heterocycles. The van der Waals surface area contributed by atoms with E-state index in [4.69, 9.17) is 14.7 Å². The van der Waals surface area contributed by atoms with Crippen molar-refractivity contribution in [1.29, 1.82) is 0 Å². The van der Waals surface area contributed by atoms with E-state index in [1.54, 1.807) is 11.3 Å². The van der Waals surface area contributed by atoms with Gasteiger partial charge in [0.05, 0.1) is 35.1 Å². The third-order valence-electron chi connectivity index (χ3n) is 6.38. The zero-order valence-corrected chi connectivity index (χ0v) is 19.1. The van der Waals surface area contributed by atoms with E-state index in [1.807, 2.05) is 23.2 Å². The summed E-state index contributed by atoms with van der Waals surface area (Å²) >= 11 is 1.78. The van der Waals surface area contributed by atoms with Gasteiger partial charge in [0.15, 0.2) is 11.6 Å². The molecule has 0 radical (unpaired) electrons. The fourth-order valence-electron chi connectivity index (χ4n) is 4.56. The number of carbonyl (C=O) groups excluding carboxylic acids is 1. The highest BCUT2D eigenvalue weighted by Crippen LogP contribution is 2.36. The van der Waals surface area contributed by atoms with Gasteiger partial charge in [0.25, 0.3) is 0 Å². The topological polar surface area (TPSA) is 90.5 Å². The van der Waals surface area contributed by atoms with Gasteiger partial charge in [-0.05, 0) is 12.1 Å². The maximum absolute atomic E-state index is 11.0. The molecule has 1 amide bonds. The van der Waals surface area contributed by atoms with Crippen molar-refractivity contribution in [2.24, 2.45) is 0 Å². The molecule has 9 nitrogen and oxygen atoms in total. The summed E-state index contributed by atoms with van der Waals surface area (Å²) in [5.74, 6) is 1.71. The van der Waals surface area contributed by atoms with Crippen LogP contribution in [-0.4, -0.2) is 88.9 Å². The lowest BCUT2D eigenvalue weighted by Crippen LogP contribution is -2.44. The Balaban J connectivity index is 1.40. The average Bonchev–Trinajstić information content (AvgIpc) is 3.51. The minimum absolute atomic E-state index is 0.706. The van der Waals surface area contributed by atoms with Crippen LogP contribution in [0.15, 0.2) is 30.5 Å². The smallest absolute Gasteiger partial charge is 0.209 e. The van der Waals surface area contributed by atoms with Crippen molar-refractivity contribution in [3.05, 3.63) is 35.3 Å². The first kappa shape index (κ1) is 20.5. The van der Waals surface area contributed by atoms with Crippen LogP contribution in [-0.2, 0) is 16.1 Å². The molecule has 5 heterocycles. The Bertz CT molecular complexity index is 1290. The molecule has 6 rings (SSSR count). The molecule has 2 saturated heterocycles. The summed E-state index contributed by atoms with van der Waals surface area (Å²) < 4.78 is 6.72. The van der Waals surface area contributed by atoms with E-state index in [0.717, 1.165) is 90.5 Å². The lowest BCUT2D eigenvalue weighted by molar-refractivity contribution is -0.119. The first-order valence-electron chi connectivity index (χ1n) is 11.3. The summed E-state index contributed by atoms with van der Waals surface area (Å²) in [5, 5.41) is 8.27. The number of nitrogens with zero attached hydrogens (tertiary/aromatic N) is 6. The van der Waals surface area contributed by atoms with Crippen molar-refractivity contribution in [3.8, 4) is 11.4 Å². The number of aromatic nitrogens is 4. The number of piperazine rings is 1. The molecule has 0 atom stereocenters. The van der Waals surface area contributed by atoms with Crippen molar-refractivity contribution < 1.29 is 9.53 Å². The number of morpholine rings is 1. The van der Waals surface area contributed by atoms with E-state index < -0.39 is 0 Å². The number of aromatic amines is 1. The Kier molecular flexibility index (Phi) is 5.41. The maximum atomic E-state index is 11.0. The molecule has 3 aromatic heterocycles. The molecular formula is C23H25N7O2S. The number of ether oxygens (including phenoxy) is 1. The molecule has 2 aliphatic rings. The van der Waals surface area contributed by atoms with E-state index in [9.17, 15) is 4.79 Å². The number of rotatable bonds is 5. The number of benzene rings is 1. The number of hydrogen-bond acceptors (Lipinski definition) is 8. The largest absolute Gasteiger partial charge is 0.378 e. The van der Waals surface area contributed by atoms with Gasteiger partial charge < -0.3 is 14.5 Å². The van der Waals surface area contributed by atoms with Crippen LogP contribution in [0.5, 0.6) is 0 Å². The molecule has 33 heavy (non-hydrogen) atoms. The summed E-state index contributed by atoms with van der Waals surface area (Å²) in [5.41, 5.74) is 2.94. The summed E-state index contributed by atoms with van der Waals surface area (Å²) in [7, 11) is 0. The quantitative estimate of drug-likeness (QED) is 0.454. The van der Waals surface area contributed by atoms with Crippen LogP contribution in [0, 0.1) is 0 Å². The van der Waals surface area contributed by atoms with Crippen LogP contribution in [0.2, 0.25) is 0 Å². The average molecular weight is 464 g/mol. The Morgan fingerprint density at radius 3 is 2.76 bits per heavy atom. The minimum Gasteiger partial charge on any atom is -0.378 e. The van der Waals surface area contributed by atoms with E-state index in [0.29, 0.717) is 13.2 Å². The SMILES string of the molecule is O=CN1CCN(Cc2cc3nc(-c4cccc5[nH]ncc45)nc(N4CCOCC4)c3s2)CC1. The van der Waals surface area contributed by atoms with Gasteiger partial charge in [0.1, 0.15) is 0 Å². The fraction of sp³-hybridized carbons (Fsp3) is 0.391. The zero-order chi connectivity index (χ0) is 22.2. The number of hydrogen-bond donors (Lipinski definition) is 1. The van der Waals surface area contributed by atoms with Crippen molar-refractivity contribution in [3.63, 3.8) is 0 Å². The number of amides is 1. The van der Waals surface area contributed by atoms with Gasteiger partial charge in [0, 0.05) is 61.6 Å². The lowest BCUT2D eigenvalue weighted by atomic mass is 10.1. The molecular weight excluding hydrogens is 438 g/mol. The highest BCUT2D eigenvalue weighted by Gasteiger charge is 2.22. The first-order valence-corrected chi connectivity index (χ1v) is 12.1. The number of carbonyl (C=O) groups is 1. The fourth-order valence-corrected chi connectivity index (χ4v) is 5.72. The highest BCUT2D eigenvalue weighted by atomic mass is 32.1. The van der Waals surface area contributed by atoms with Gasteiger partial charge >= 0.3 is 0 Å². The Morgan fingerprint density at radius 2 is 1.94 bits per heavy atom. The van der Waals surface area contributed by atoms with Crippen LogP contribution >= 0.6 is 11.3 Å². The molecule has 2 fully saturated rings. The third kappa shape index (κ3) is 3.94. The van der Waals surface area contributed by atoms with Gasteiger partial charge in [-0.25, -0.2) is 9.97 Å².